The summed E-state index contributed by atoms with van der Waals surface area (Å²) in [6.07, 6.45) is 6.61. The molecule has 3 nitrogen and oxygen atoms in total. The lowest BCUT2D eigenvalue weighted by Crippen LogP contribution is -2.37. The van der Waals surface area contributed by atoms with Crippen molar-refractivity contribution in [2.75, 3.05) is 13.1 Å². The van der Waals surface area contributed by atoms with E-state index >= 15 is 0 Å². The van der Waals surface area contributed by atoms with Crippen LogP contribution in [0.2, 0.25) is 0 Å². The Balaban J connectivity index is 1.46. The predicted molar refractivity (Wildman–Crippen MR) is 81.5 cm³/mol. The van der Waals surface area contributed by atoms with Crippen LogP contribution in [0.15, 0.2) is 16.5 Å². The highest BCUT2D eigenvalue weighted by molar-refractivity contribution is 5.07. The summed E-state index contributed by atoms with van der Waals surface area (Å²) in [6, 6.07) is 5.03. The van der Waals surface area contributed by atoms with E-state index in [0.29, 0.717) is 5.41 Å². The molecule has 1 aliphatic heterocycles. The maximum atomic E-state index is 5.94. The van der Waals surface area contributed by atoms with Crippen molar-refractivity contribution >= 4 is 0 Å². The van der Waals surface area contributed by atoms with Gasteiger partial charge in [-0.3, -0.25) is 4.90 Å². The molecule has 1 saturated carbocycles. The Labute approximate surface area is 122 Å². The molecule has 1 N–H and O–H groups in total. The Morgan fingerprint density at radius 2 is 1.95 bits per heavy atom. The topological polar surface area (TPSA) is 28.4 Å². The van der Waals surface area contributed by atoms with Crippen LogP contribution >= 0.6 is 0 Å². The minimum absolute atomic E-state index is 0.568. The molecule has 1 aromatic heterocycles. The van der Waals surface area contributed by atoms with E-state index < -0.39 is 0 Å². The standard InChI is InChI=1S/C17H28N2O/c1-3-17(2)8-10-19(11-9-17)13-16-7-6-15(20-16)12-18-14-4-5-14/h6-7,14,18H,3-5,8-13H2,1-2H3. The molecule has 1 aromatic rings. The SMILES string of the molecule is CCC1(C)CCN(Cc2ccc(CNC3CC3)o2)CC1. The van der Waals surface area contributed by atoms with Crippen molar-refractivity contribution in [2.24, 2.45) is 5.41 Å². The Kier molecular flexibility index (Phi) is 4.18. The minimum atomic E-state index is 0.568. The Hall–Kier alpha value is -0.800. The molecule has 1 aliphatic carbocycles. The van der Waals surface area contributed by atoms with Gasteiger partial charge >= 0.3 is 0 Å². The van der Waals surface area contributed by atoms with E-state index in [9.17, 15) is 0 Å². The Bertz CT molecular complexity index is 428. The summed E-state index contributed by atoms with van der Waals surface area (Å²) in [6.45, 7) is 9.03. The van der Waals surface area contributed by atoms with Crippen LogP contribution in [0.1, 0.15) is 57.5 Å². The fraction of sp³-hybridized carbons (Fsp3) is 0.765. The molecule has 0 spiro atoms. The van der Waals surface area contributed by atoms with Gasteiger partial charge in [-0.05, 0) is 56.3 Å². The third kappa shape index (κ3) is 3.64. The van der Waals surface area contributed by atoms with Crippen molar-refractivity contribution < 1.29 is 4.42 Å². The van der Waals surface area contributed by atoms with E-state index in [-0.39, 0.29) is 0 Å². The second kappa shape index (κ2) is 5.90. The molecule has 2 fully saturated rings. The molecule has 0 atom stereocenters. The Morgan fingerprint density at radius 3 is 2.60 bits per heavy atom. The first kappa shape index (κ1) is 14.2. The molecule has 20 heavy (non-hydrogen) atoms. The predicted octanol–water partition coefficient (Wildman–Crippen LogP) is 3.54. The largest absolute Gasteiger partial charge is 0.463 e. The molecule has 0 amide bonds. The number of hydrogen-bond acceptors (Lipinski definition) is 3. The molecule has 0 unspecified atom stereocenters. The van der Waals surface area contributed by atoms with Crippen molar-refractivity contribution in [3.8, 4) is 0 Å². The molecular formula is C17H28N2O. The first-order valence-corrected chi connectivity index (χ1v) is 8.20. The van der Waals surface area contributed by atoms with Crippen LogP contribution in [-0.4, -0.2) is 24.0 Å². The number of furan rings is 1. The maximum absolute atomic E-state index is 5.94. The number of rotatable bonds is 6. The van der Waals surface area contributed by atoms with Gasteiger partial charge in [-0.2, -0.15) is 0 Å². The molecule has 112 valence electrons. The second-order valence-electron chi connectivity index (χ2n) is 6.96. The summed E-state index contributed by atoms with van der Waals surface area (Å²) in [4.78, 5) is 2.54. The third-order valence-corrected chi connectivity index (χ3v) is 5.16. The van der Waals surface area contributed by atoms with Crippen LogP contribution in [0.25, 0.3) is 0 Å². The second-order valence-corrected chi connectivity index (χ2v) is 6.96. The summed E-state index contributed by atoms with van der Waals surface area (Å²) in [5, 5.41) is 3.50. The van der Waals surface area contributed by atoms with Gasteiger partial charge in [-0.15, -0.1) is 0 Å². The van der Waals surface area contributed by atoms with Crippen molar-refractivity contribution in [3.05, 3.63) is 23.7 Å². The molecule has 2 aliphatic rings. The minimum Gasteiger partial charge on any atom is -0.463 e. The fourth-order valence-electron chi connectivity index (χ4n) is 2.96. The van der Waals surface area contributed by atoms with Crippen LogP contribution in [0.4, 0.5) is 0 Å². The summed E-state index contributed by atoms with van der Waals surface area (Å²) in [5.74, 6) is 2.21. The average Bonchev–Trinajstić information content (AvgIpc) is 3.19. The fourth-order valence-corrected chi connectivity index (χ4v) is 2.96. The molecule has 1 saturated heterocycles. The highest BCUT2D eigenvalue weighted by atomic mass is 16.3. The van der Waals surface area contributed by atoms with Crippen LogP contribution in [0, 0.1) is 5.41 Å². The zero-order chi connectivity index (χ0) is 14.0. The third-order valence-electron chi connectivity index (χ3n) is 5.16. The summed E-state index contributed by atoms with van der Waals surface area (Å²) >= 11 is 0. The van der Waals surface area contributed by atoms with Gasteiger partial charge in [0, 0.05) is 6.04 Å². The van der Waals surface area contributed by atoms with Crippen molar-refractivity contribution in [3.63, 3.8) is 0 Å². The van der Waals surface area contributed by atoms with Gasteiger partial charge in [-0.1, -0.05) is 20.3 Å². The quantitative estimate of drug-likeness (QED) is 0.861. The number of nitrogens with zero attached hydrogens (tertiary/aromatic N) is 1. The van der Waals surface area contributed by atoms with Crippen LogP contribution in [0.5, 0.6) is 0 Å². The summed E-state index contributed by atoms with van der Waals surface area (Å²) in [7, 11) is 0. The number of nitrogens with one attached hydrogen (secondary N) is 1. The number of piperidine rings is 1. The van der Waals surface area contributed by atoms with Crippen molar-refractivity contribution in [2.45, 2.75) is 65.1 Å². The van der Waals surface area contributed by atoms with Crippen molar-refractivity contribution in [1.29, 1.82) is 0 Å². The van der Waals surface area contributed by atoms with Crippen molar-refractivity contribution in [1.82, 2.24) is 10.2 Å². The molecule has 3 rings (SSSR count). The molecular weight excluding hydrogens is 248 g/mol. The van der Waals surface area contributed by atoms with Gasteiger partial charge < -0.3 is 9.73 Å². The first-order chi connectivity index (χ1) is 9.67. The molecule has 0 bridgehead atoms. The molecule has 0 aromatic carbocycles. The summed E-state index contributed by atoms with van der Waals surface area (Å²) < 4.78 is 5.94. The highest BCUT2D eigenvalue weighted by Crippen LogP contribution is 2.34. The van der Waals surface area contributed by atoms with Crippen LogP contribution in [0.3, 0.4) is 0 Å². The van der Waals surface area contributed by atoms with E-state index in [1.54, 1.807) is 0 Å². The van der Waals surface area contributed by atoms with E-state index in [0.717, 1.165) is 30.7 Å². The van der Waals surface area contributed by atoms with Crippen LogP contribution < -0.4 is 5.32 Å². The number of hydrogen-bond donors (Lipinski definition) is 1. The van der Waals surface area contributed by atoms with Gasteiger partial charge in [0.2, 0.25) is 0 Å². The first-order valence-electron chi connectivity index (χ1n) is 8.20. The molecule has 2 heterocycles. The van der Waals surface area contributed by atoms with E-state index in [1.807, 2.05) is 0 Å². The Morgan fingerprint density at radius 1 is 1.25 bits per heavy atom. The maximum Gasteiger partial charge on any atom is 0.118 e. The van der Waals surface area contributed by atoms with Gasteiger partial charge in [0.15, 0.2) is 0 Å². The van der Waals surface area contributed by atoms with E-state index in [4.69, 9.17) is 4.42 Å². The summed E-state index contributed by atoms with van der Waals surface area (Å²) in [5.41, 5.74) is 0.568. The van der Waals surface area contributed by atoms with Crippen LogP contribution in [-0.2, 0) is 13.1 Å². The lowest BCUT2D eigenvalue weighted by atomic mass is 9.78. The zero-order valence-corrected chi connectivity index (χ0v) is 13.0. The average molecular weight is 276 g/mol. The zero-order valence-electron chi connectivity index (χ0n) is 13.0. The van der Waals surface area contributed by atoms with Gasteiger partial charge in [0.05, 0.1) is 13.1 Å². The normalized spacial score (nSPS) is 23.1. The van der Waals surface area contributed by atoms with Gasteiger partial charge in [-0.25, -0.2) is 0 Å². The lowest BCUT2D eigenvalue weighted by Gasteiger charge is -2.38. The monoisotopic (exact) mass is 276 g/mol. The highest BCUT2D eigenvalue weighted by Gasteiger charge is 2.28. The number of likely N-dealkylation sites (tertiary alicyclic amines) is 1. The lowest BCUT2D eigenvalue weighted by molar-refractivity contribution is 0.103. The van der Waals surface area contributed by atoms with Gasteiger partial charge in [0.1, 0.15) is 11.5 Å². The van der Waals surface area contributed by atoms with E-state index in [1.165, 1.54) is 45.2 Å². The van der Waals surface area contributed by atoms with Gasteiger partial charge in [0.25, 0.3) is 0 Å². The molecule has 3 heteroatoms. The van der Waals surface area contributed by atoms with E-state index in [2.05, 4.69) is 36.2 Å². The smallest absolute Gasteiger partial charge is 0.118 e. The molecule has 0 radical (unpaired) electrons.